The number of para-hydroxylation sites is 1. The molecular formula is C19H16N6. The lowest BCUT2D eigenvalue weighted by molar-refractivity contribution is 1.04. The zero-order valence-electron chi connectivity index (χ0n) is 13.6. The maximum absolute atomic E-state index is 9.49. The van der Waals surface area contributed by atoms with Gasteiger partial charge in [-0.1, -0.05) is 48.0 Å². The number of aromatic nitrogens is 3. The number of allylic oxidation sites excluding steroid dienone is 1. The summed E-state index contributed by atoms with van der Waals surface area (Å²) in [6, 6.07) is 19.4. The van der Waals surface area contributed by atoms with Gasteiger partial charge in [0.2, 0.25) is 11.9 Å². The van der Waals surface area contributed by atoms with Gasteiger partial charge in [-0.25, -0.2) is 0 Å². The molecule has 0 amide bonds. The number of benzene rings is 2. The number of rotatable bonds is 4. The van der Waals surface area contributed by atoms with Crippen LogP contribution in [0.25, 0.3) is 11.6 Å². The van der Waals surface area contributed by atoms with E-state index in [-0.39, 0.29) is 11.8 Å². The van der Waals surface area contributed by atoms with Crippen molar-refractivity contribution in [2.45, 2.75) is 6.92 Å². The monoisotopic (exact) mass is 328 g/mol. The molecule has 6 nitrogen and oxygen atoms in total. The Hall–Kier alpha value is -3.72. The van der Waals surface area contributed by atoms with Crippen molar-refractivity contribution < 1.29 is 0 Å². The van der Waals surface area contributed by atoms with E-state index >= 15 is 0 Å². The van der Waals surface area contributed by atoms with Gasteiger partial charge in [-0.15, -0.1) is 0 Å². The zero-order chi connectivity index (χ0) is 17.6. The molecule has 0 bridgehead atoms. The van der Waals surface area contributed by atoms with Crippen molar-refractivity contribution in [3.05, 3.63) is 71.5 Å². The van der Waals surface area contributed by atoms with Crippen molar-refractivity contribution in [1.82, 2.24) is 15.0 Å². The van der Waals surface area contributed by atoms with Gasteiger partial charge in [-0.2, -0.15) is 20.2 Å². The van der Waals surface area contributed by atoms with Gasteiger partial charge in [0.1, 0.15) is 6.07 Å². The van der Waals surface area contributed by atoms with Crippen LogP contribution in [0.3, 0.4) is 0 Å². The summed E-state index contributed by atoms with van der Waals surface area (Å²) in [5.41, 5.74) is 8.95. The van der Waals surface area contributed by atoms with Gasteiger partial charge in [-0.05, 0) is 30.7 Å². The highest BCUT2D eigenvalue weighted by Crippen LogP contribution is 2.18. The summed E-state index contributed by atoms with van der Waals surface area (Å²) in [5.74, 6) is 0.571. The summed E-state index contributed by atoms with van der Waals surface area (Å²) in [7, 11) is 0. The summed E-state index contributed by atoms with van der Waals surface area (Å²) >= 11 is 0. The average Bonchev–Trinajstić information content (AvgIpc) is 2.61. The van der Waals surface area contributed by atoms with E-state index in [9.17, 15) is 5.26 Å². The van der Waals surface area contributed by atoms with Gasteiger partial charge >= 0.3 is 0 Å². The van der Waals surface area contributed by atoms with E-state index in [4.69, 9.17) is 5.73 Å². The van der Waals surface area contributed by atoms with E-state index < -0.39 is 0 Å². The van der Waals surface area contributed by atoms with Crippen LogP contribution in [0.4, 0.5) is 17.6 Å². The van der Waals surface area contributed by atoms with Gasteiger partial charge in [0.25, 0.3) is 0 Å². The van der Waals surface area contributed by atoms with E-state index in [1.54, 1.807) is 6.08 Å². The Kier molecular flexibility index (Phi) is 4.67. The predicted molar refractivity (Wildman–Crippen MR) is 98.6 cm³/mol. The Balaban J connectivity index is 1.95. The Morgan fingerprint density at radius 1 is 1.04 bits per heavy atom. The van der Waals surface area contributed by atoms with Gasteiger partial charge in [0, 0.05) is 5.69 Å². The van der Waals surface area contributed by atoms with E-state index in [1.165, 1.54) is 0 Å². The third-order valence-electron chi connectivity index (χ3n) is 3.43. The highest BCUT2D eigenvalue weighted by atomic mass is 15.2. The van der Waals surface area contributed by atoms with Crippen LogP contribution >= 0.6 is 0 Å². The topological polar surface area (TPSA) is 101 Å². The summed E-state index contributed by atoms with van der Waals surface area (Å²) < 4.78 is 0. The van der Waals surface area contributed by atoms with Crippen LogP contribution in [0.15, 0.2) is 54.6 Å². The molecule has 1 aromatic heterocycles. The van der Waals surface area contributed by atoms with Crippen LogP contribution in [-0.4, -0.2) is 15.0 Å². The molecule has 0 aliphatic heterocycles. The van der Waals surface area contributed by atoms with Crippen molar-refractivity contribution in [2.75, 3.05) is 11.1 Å². The maximum atomic E-state index is 9.49. The quantitative estimate of drug-likeness (QED) is 0.710. The minimum atomic E-state index is 0.0495. The molecule has 25 heavy (non-hydrogen) atoms. The maximum Gasteiger partial charge on any atom is 0.232 e. The number of nitriles is 1. The number of hydrogen-bond donors (Lipinski definition) is 2. The molecule has 1 heterocycles. The van der Waals surface area contributed by atoms with Crippen LogP contribution in [0.2, 0.25) is 0 Å². The highest BCUT2D eigenvalue weighted by molar-refractivity contribution is 5.87. The lowest BCUT2D eigenvalue weighted by Gasteiger charge is -2.07. The molecule has 0 radical (unpaired) electrons. The second-order valence-electron chi connectivity index (χ2n) is 5.41. The summed E-state index contributed by atoms with van der Waals surface area (Å²) in [6.45, 7) is 2.01. The van der Waals surface area contributed by atoms with E-state index in [0.717, 1.165) is 16.8 Å². The number of nitrogens with zero attached hydrogens (tertiary/aromatic N) is 4. The Bertz CT molecular complexity index is 940. The second kappa shape index (κ2) is 7.23. The van der Waals surface area contributed by atoms with Gasteiger partial charge in [0.15, 0.2) is 5.82 Å². The fourth-order valence-corrected chi connectivity index (χ4v) is 2.20. The van der Waals surface area contributed by atoms with Crippen LogP contribution in [0.1, 0.15) is 17.0 Å². The first-order chi connectivity index (χ1) is 12.1. The number of aryl methyl sites for hydroxylation is 1. The number of nitrogens with two attached hydrogens (primary N) is 1. The summed E-state index contributed by atoms with van der Waals surface area (Å²) in [5, 5.41) is 12.5. The minimum Gasteiger partial charge on any atom is -0.368 e. The molecule has 0 aliphatic carbocycles. The number of hydrogen-bond acceptors (Lipinski definition) is 6. The van der Waals surface area contributed by atoms with Crippen molar-refractivity contribution in [1.29, 1.82) is 5.26 Å². The van der Waals surface area contributed by atoms with Crippen molar-refractivity contribution in [2.24, 2.45) is 0 Å². The molecule has 3 rings (SSSR count). The first kappa shape index (κ1) is 16.1. The van der Waals surface area contributed by atoms with E-state index in [0.29, 0.717) is 11.5 Å². The summed E-state index contributed by atoms with van der Waals surface area (Å²) in [4.78, 5) is 12.5. The molecule has 0 fully saturated rings. The first-order valence-electron chi connectivity index (χ1n) is 7.66. The predicted octanol–water partition coefficient (Wildman–Crippen LogP) is 3.57. The molecule has 0 atom stereocenters. The number of nitrogens with one attached hydrogen (secondary N) is 1. The largest absolute Gasteiger partial charge is 0.368 e. The van der Waals surface area contributed by atoms with Crippen molar-refractivity contribution in [3.8, 4) is 6.07 Å². The highest BCUT2D eigenvalue weighted by Gasteiger charge is 2.10. The summed E-state index contributed by atoms with van der Waals surface area (Å²) in [6.07, 6.45) is 1.72. The molecule has 3 N–H and O–H groups in total. The van der Waals surface area contributed by atoms with Crippen LogP contribution in [0, 0.1) is 18.3 Å². The smallest absolute Gasteiger partial charge is 0.232 e. The Morgan fingerprint density at radius 2 is 1.76 bits per heavy atom. The normalized spacial score (nSPS) is 11.0. The Morgan fingerprint density at radius 3 is 2.44 bits per heavy atom. The lowest BCUT2D eigenvalue weighted by Crippen LogP contribution is -2.06. The average molecular weight is 328 g/mol. The molecular weight excluding hydrogens is 312 g/mol. The Labute approximate surface area is 145 Å². The lowest BCUT2D eigenvalue weighted by atomic mass is 10.1. The number of anilines is 3. The third-order valence-corrected chi connectivity index (χ3v) is 3.43. The molecule has 0 saturated heterocycles. The SMILES string of the molecule is Cc1ccc(C=C(C#N)c2nc(N)nc(Nc3ccccc3)n2)cc1. The van der Waals surface area contributed by atoms with Crippen molar-refractivity contribution in [3.63, 3.8) is 0 Å². The molecule has 0 spiro atoms. The second-order valence-corrected chi connectivity index (χ2v) is 5.41. The molecule has 3 aromatic rings. The fourth-order valence-electron chi connectivity index (χ4n) is 2.20. The standard InChI is InChI=1S/C19H16N6/c1-13-7-9-14(10-8-13)11-15(12-20)17-23-18(21)25-19(24-17)22-16-5-3-2-4-6-16/h2-11H,1H3,(H3,21,22,23,24,25). The zero-order valence-corrected chi connectivity index (χ0v) is 13.6. The van der Waals surface area contributed by atoms with Crippen LogP contribution in [0.5, 0.6) is 0 Å². The van der Waals surface area contributed by atoms with E-state index in [2.05, 4.69) is 26.3 Å². The molecule has 122 valence electrons. The number of nitrogen functional groups attached to an aromatic ring is 1. The molecule has 2 aromatic carbocycles. The fraction of sp³-hybridized carbons (Fsp3) is 0.0526. The van der Waals surface area contributed by atoms with Crippen molar-refractivity contribution >= 4 is 29.2 Å². The third kappa shape index (κ3) is 4.18. The molecule has 0 saturated carbocycles. The minimum absolute atomic E-state index is 0.0495. The molecule has 0 unspecified atom stereocenters. The van der Waals surface area contributed by atoms with Crippen LogP contribution in [-0.2, 0) is 0 Å². The van der Waals surface area contributed by atoms with Gasteiger partial charge in [-0.3, -0.25) is 0 Å². The van der Waals surface area contributed by atoms with E-state index in [1.807, 2.05) is 61.5 Å². The first-order valence-corrected chi connectivity index (χ1v) is 7.66. The van der Waals surface area contributed by atoms with Gasteiger partial charge < -0.3 is 11.1 Å². The molecule has 0 aliphatic rings. The van der Waals surface area contributed by atoms with Gasteiger partial charge in [0.05, 0.1) is 5.57 Å². The van der Waals surface area contributed by atoms with Crippen LogP contribution < -0.4 is 11.1 Å². The molecule has 6 heteroatoms.